The molecule has 0 saturated carbocycles. The topological polar surface area (TPSA) is 107 Å². The Hall–Kier alpha value is -4.07. The van der Waals surface area contributed by atoms with Gasteiger partial charge in [-0.05, 0) is 70.2 Å². The van der Waals surface area contributed by atoms with Crippen LogP contribution in [0.25, 0.3) is 0 Å². The Morgan fingerprint density at radius 2 is 1.65 bits per heavy atom. The highest BCUT2D eigenvalue weighted by molar-refractivity contribution is 7.93. The van der Waals surface area contributed by atoms with Gasteiger partial charge in [0.05, 0.1) is 21.0 Å². The number of amides is 2. The molecule has 40 heavy (non-hydrogen) atoms. The first-order chi connectivity index (χ1) is 18.4. The van der Waals surface area contributed by atoms with Crippen LogP contribution in [0.1, 0.15) is 42.4 Å². The summed E-state index contributed by atoms with van der Waals surface area (Å²) >= 11 is 0. The number of halogens is 5. The van der Waals surface area contributed by atoms with Crippen LogP contribution in [0.4, 0.5) is 32.4 Å². The lowest BCUT2D eigenvalue weighted by molar-refractivity contribution is -0.140. The summed E-state index contributed by atoms with van der Waals surface area (Å²) in [6, 6.07) is 8.32. The minimum atomic E-state index is -5.14. The third-order valence-corrected chi connectivity index (χ3v) is 6.66. The maximum absolute atomic E-state index is 15.1. The molecule has 1 N–H and O–H groups in total. The van der Waals surface area contributed by atoms with Crippen LogP contribution in [-0.2, 0) is 20.6 Å². The zero-order chi connectivity index (χ0) is 30.0. The second kappa shape index (κ2) is 11.2. The van der Waals surface area contributed by atoms with E-state index < -0.39 is 62.1 Å². The number of nitrogens with one attached hydrogen (secondary N) is 1. The highest BCUT2D eigenvalue weighted by Crippen LogP contribution is 2.38. The van der Waals surface area contributed by atoms with E-state index in [0.29, 0.717) is 6.07 Å². The number of benzene rings is 2. The Labute approximate surface area is 226 Å². The minimum absolute atomic E-state index is 0.00851. The van der Waals surface area contributed by atoms with E-state index in [0.717, 1.165) is 30.5 Å². The van der Waals surface area contributed by atoms with Crippen molar-refractivity contribution in [2.75, 3.05) is 11.6 Å². The van der Waals surface area contributed by atoms with E-state index >= 15 is 4.39 Å². The van der Waals surface area contributed by atoms with Gasteiger partial charge < -0.3 is 14.8 Å². The van der Waals surface area contributed by atoms with Gasteiger partial charge in [-0.1, -0.05) is 6.07 Å². The predicted molar refractivity (Wildman–Crippen MR) is 136 cm³/mol. The average Bonchev–Trinajstić information content (AvgIpc) is 2.78. The number of pyridine rings is 1. The highest BCUT2D eigenvalue weighted by Gasteiger charge is 2.37. The zero-order valence-electron chi connectivity index (χ0n) is 21.9. The van der Waals surface area contributed by atoms with E-state index in [-0.39, 0.29) is 22.0 Å². The summed E-state index contributed by atoms with van der Waals surface area (Å²) < 4.78 is 96.0. The molecule has 0 spiro atoms. The van der Waals surface area contributed by atoms with Gasteiger partial charge in [-0.3, -0.25) is 4.79 Å². The zero-order valence-corrected chi connectivity index (χ0v) is 22.7. The van der Waals surface area contributed by atoms with Crippen molar-refractivity contribution in [2.24, 2.45) is 4.36 Å². The number of alkyl halides is 3. The molecule has 0 radical (unpaired) electrons. The summed E-state index contributed by atoms with van der Waals surface area (Å²) in [4.78, 5) is 28.7. The molecule has 8 nitrogen and oxygen atoms in total. The number of ether oxygens (including phenoxy) is 2. The third-order valence-electron chi connectivity index (χ3n) is 5.03. The molecule has 0 aliphatic heterocycles. The molecule has 3 rings (SSSR count). The molecule has 214 valence electrons. The fourth-order valence-electron chi connectivity index (χ4n) is 3.30. The Balaban J connectivity index is 2.02. The quantitative estimate of drug-likeness (QED) is 0.252. The molecule has 0 unspecified atom stereocenters. The number of carbonyl (C=O) groups excluding carboxylic acids is 2. The Morgan fingerprint density at radius 3 is 2.25 bits per heavy atom. The summed E-state index contributed by atoms with van der Waals surface area (Å²) in [5.41, 5.74) is -3.83. The second-order valence-electron chi connectivity index (χ2n) is 9.47. The molecule has 2 amide bonds. The molecule has 0 bridgehead atoms. The molecule has 1 atom stereocenters. The van der Waals surface area contributed by atoms with Crippen LogP contribution in [0.3, 0.4) is 0 Å². The molecular weight excluding hydrogens is 561 g/mol. The number of nitrogens with zero attached hydrogens (tertiary/aromatic N) is 2. The standard InChI is InChI=1S/C26H24F5N3O5S/c1-14-18(11-12-20(27)32-14)38-19-10-9-17(26(29,30)31)22(28)21(19)23(35)33-15-7-6-8-16(13-15)40(5,37)34-24(36)39-25(2,3)4/h6-13H,1-5H3,(H,33,35)/t40-/m1/s1. The SMILES string of the molecule is Cc1nc(F)ccc1Oc1ccc(C(F)(F)F)c(F)c1C(=O)Nc1cccc([S@@](C)(=O)=NC(=O)OC(C)(C)C)c1. The fraction of sp³-hybridized carbons (Fsp3) is 0.269. The van der Waals surface area contributed by atoms with Gasteiger partial charge >= 0.3 is 12.3 Å². The molecule has 2 aromatic carbocycles. The summed E-state index contributed by atoms with van der Waals surface area (Å²) in [6.45, 7) is 6.11. The summed E-state index contributed by atoms with van der Waals surface area (Å²) in [7, 11) is -3.38. The van der Waals surface area contributed by atoms with Gasteiger partial charge in [0.2, 0.25) is 5.95 Å². The molecule has 14 heteroatoms. The van der Waals surface area contributed by atoms with Crippen molar-refractivity contribution in [3.05, 3.63) is 77.1 Å². The molecular formula is C26H24F5N3O5S. The molecule has 1 aromatic heterocycles. The smallest absolute Gasteiger partial charge is 0.442 e. The van der Waals surface area contributed by atoms with E-state index in [1.165, 1.54) is 25.1 Å². The monoisotopic (exact) mass is 585 g/mol. The van der Waals surface area contributed by atoms with Crippen molar-refractivity contribution in [1.82, 2.24) is 4.98 Å². The van der Waals surface area contributed by atoms with Crippen LogP contribution in [-0.4, -0.2) is 33.1 Å². The average molecular weight is 586 g/mol. The van der Waals surface area contributed by atoms with E-state index in [1.807, 2.05) is 0 Å². The molecule has 0 saturated heterocycles. The van der Waals surface area contributed by atoms with Crippen molar-refractivity contribution < 1.29 is 45.2 Å². The largest absolute Gasteiger partial charge is 0.455 e. The third kappa shape index (κ3) is 7.52. The van der Waals surface area contributed by atoms with Crippen molar-refractivity contribution in [3.63, 3.8) is 0 Å². The summed E-state index contributed by atoms with van der Waals surface area (Å²) in [5, 5.41) is 2.25. The number of anilines is 1. The molecule has 0 aliphatic rings. The predicted octanol–water partition coefficient (Wildman–Crippen LogP) is 7.12. The van der Waals surface area contributed by atoms with Gasteiger partial charge in [0.15, 0.2) is 5.82 Å². The van der Waals surface area contributed by atoms with Gasteiger partial charge in [-0.2, -0.15) is 17.6 Å². The van der Waals surface area contributed by atoms with E-state index in [4.69, 9.17) is 9.47 Å². The van der Waals surface area contributed by atoms with E-state index in [2.05, 4.69) is 14.7 Å². The normalized spacial score (nSPS) is 13.2. The van der Waals surface area contributed by atoms with Gasteiger partial charge in [0.1, 0.15) is 22.7 Å². The molecule has 3 aromatic rings. The first-order valence-corrected chi connectivity index (χ1v) is 13.4. The number of hydrogen-bond acceptors (Lipinski definition) is 6. The first-order valence-electron chi connectivity index (χ1n) is 11.4. The summed E-state index contributed by atoms with van der Waals surface area (Å²) in [6.07, 6.45) is -5.08. The van der Waals surface area contributed by atoms with Crippen LogP contribution >= 0.6 is 0 Å². The Morgan fingerprint density at radius 1 is 1.00 bits per heavy atom. The van der Waals surface area contributed by atoms with Crippen molar-refractivity contribution in [1.29, 1.82) is 0 Å². The van der Waals surface area contributed by atoms with Crippen molar-refractivity contribution in [3.8, 4) is 11.5 Å². The number of hydrogen-bond donors (Lipinski definition) is 1. The number of rotatable bonds is 5. The van der Waals surface area contributed by atoms with Crippen LogP contribution in [0, 0.1) is 18.7 Å². The number of aromatic nitrogens is 1. The van der Waals surface area contributed by atoms with Crippen LogP contribution in [0.15, 0.2) is 57.8 Å². The first kappa shape index (κ1) is 30.5. The van der Waals surface area contributed by atoms with Gasteiger partial charge in [-0.15, -0.1) is 4.36 Å². The molecule has 1 heterocycles. The van der Waals surface area contributed by atoms with Crippen molar-refractivity contribution in [2.45, 2.75) is 44.4 Å². The Bertz CT molecular complexity index is 1590. The lowest BCUT2D eigenvalue weighted by Crippen LogP contribution is -2.22. The number of aryl methyl sites for hydroxylation is 1. The van der Waals surface area contributed by atoms with Gasteiger partial charge in [-0.25, -0.2) is 18.4 Å². The van der Waals surface area contributed by atoms with E-state index in [9.17, 15) is 31.4 Å². The van der Waals surface area contributed by atoms with Crippen molar-refractivity contribution >= 4 is 27.4 Å². The second-order valence-corrected chi connectivity index (χ2v) is 11.7. The molecule has 0 fully saturated rings. The maximum Gasteiger partial charge on any atom is 0.442 e. The Kier molecular flexibility index (Phi) is 8.53. The minimum Gasteiger partial charge on any atom is -0.455 e. The van der Waals surface area contributed by atoms with Gasteiger partial charge in [0.25, 0.3) is 5.91 Å². The lowest BCUT2D eigenvalue weighted by atomic mass is 10.1. The maximum atomic E-state index is 15.1. The number of carbonyl (C=O) groups is 2. The van der Waals surface area contributed by atoms with Gasteiger partial charge in [0, 0.05) is 16.8 Å². The highest BCUT2D eigenvalue weighted by atomic mass is 32.2. The van der Waals surface area contributed by atoms with Crippen LogP contribution < -0.4 is 10.1 Å². The lowest BCUT2D eigenvalue weighted by Gasteiger charge is -2.18. The molecule has 0 aliphatic carbocycles. The fourth-order valence-corrected chi connectivity index (χ4v) is 4.40. The van der Waals surface area contributed by atoms with Crippen LogP contribution in [0.5, 0.6) is 11.5 Å². The summed E-state index contributed by atoms with van der Waals surface area (Å²) in [5.74, 6) is -4.84. The van der Waals surface area contributed by atoms with Crippen LogP contribution in [0.2, 0.25) is 0 Å². The van der Waals surface area contributed by atoms with E-state index in [1.54, 1.807) is 20.8 Å².